The van der Waals surface area contributed by atoms with Crippen LogP contribution in [-0.2, 0) is 0 Å². The number of rotatable bonds is 1. The number of hydrogen-bond donors (Lipinski definition) is 1. The zero-order valence-corrected chi connectivity index (χ0v) is 7.99. The van der Waals surface area contributed by atoms with E-state index < -0.39 is 12.2 Å². The fourth-order valence-electron chi connectivity index (χ4n) is 1.75. The molecule has 4 heteroatoms. The van der Waals surface area contributed by atoms with Gasteiger partial charge in [0.05, 0.1) is 0 Å². The van der Waals surface area contributed by atoms with Crippen LogP contribution in [0.5, 0.6) is 0 Å². The first-order valence-electron chi connectivity index (χ1n) is 4.74. The molecule has 0 saturated carbocycles. The molecule has 0 amide bonds. The van der Waals surface area contributed by atoms with Crippen LogP contribution in [0, 0.1) is 5.92 Å². The summed E-state index contributed by atoms with van der Waals surface area (Å²) in [4.78, 5) is 0. The molecule has 2 atom stereocenters. The molecule has 0 radical (unpaired) electrons. The molecule has 13 heavy (non-hydrogen) atoms. The van der Waals surface area contributed by atoms with Crippen molar-refractivity contribution in [1.29, 1.82) is 0 Å². The summed E-state index contributed by atoms with van der Waals surface area (Å²) in [6.07, 6.45) is -2.30. The average Bonchev–Trinajstić information content (AvgIpc) is 2.03. The van der Waals surface area contributed by atoms with Crippen LogP contribution in [0.2, 0.25) is 0 Å². The third-order valence-electron chi connectivity index (χ3n) is 2.62. The standard InChI is InChI=1S/C9H16F3N/c1-6(2)7-4-3-5-8(13-7)9(10,11)12/h6-8,13H,3-5H2,1-2H3/t7-,8+/m0/s1. The van der Waals surface area contributed by atoms with Gasteiger partial charge in [-0.3, -0.25) is 0 Å². The highest BCUT2D eigenvalue weighted by molar-refractivity contribution is 4.86. The van der Waals surface area contributed by atoms with E-state index in [0.717, 1.165) is 6.42 Å². The summed E-state index contributed by atoms with van der Waals surface area (Å²) in [7, 11) is 0. The van der Waals surface area contributed by atoms with Gasteiger partial charge in [0.15, 0.2) is 0 Å². The summed E-state index contributed by atoms with van der Waals surface area (Å²) < 4.78 is 36.9. The largest absolute Gasteiger partial charge is 0.403 e. The fourth-order valence-corrected chi connectivity index (χ4v) is 1.75. The lowest BCUT2D eigenvalue weighted by Crippen LogP contribution is -2.51. The zero-order valence-electron chi connectivity index (χ0n) is 7.99. The molecule has 0 spiro atoms. The van der Waals surface area contributed by atoms with Gasteiger partial charge in [-0.2, -0.15) is 13.2 Å². The smallest absolute Gasteiger partial charge is 0.303 e. The van der Waals surface area contributed by atoms with Gasteiger partial charge in [0.1, 0.15) is 6.04 Å². The molecule has 1 rings (SSSR count). The molecule has 1 aliphatic rings. The van der Waals surface area contributed by atoms with Crippen LogP contribution >= 0.6 is 0 Å². The Balaban J connectivity index is 2.52. The topological polar surface area (TPSA) is 12.0 Å². The van der Waals surface area contributed by atoms with E-state index in [0.29, 0.717) is 6.42 Å². The number of nitrogens with one attached hydrogen (secondary N) is 1. The summed E-state index contributed by atoms with van der Waals surface area (Å²) in [5, 5.41) is 2.67. The minimum Gasteiger partial charge on any atom is -0.303 e. The van der Waals surface area contributed by atoms with Gasteiger partial charge in [-0.25, -0.2) is 0 Å². The molecule has 0 aromatic heterocycles. The van der Waals surface area contributed by atoms with Crippen molar-refractivity contribution in [3.63, 3.8) is 0 Å². The highest BCUT2D eigenvalue weighted by Gasteiger charge is 2.42. The lowest BCUT2D eigenvalue weighted by atomic mass is 9.91. The third-order valence-corrected chi connectivity index (χ3v) is 2.62. The Bertz CT molecular complexity index is 165. The Morgan fingerprint density at radius 2 is 1.85 bits per heavy atom. The highest BCUT2D eigenvalue weighted by Crippen LogP contribution is 2.29. The first kappa shape index (κ1) is 10.8. The van der Waals surface area contributed by atoms with Crippen LogP contribution in [0.25, 0.3) is 0 Å². The molecule has 78 valence electrons. The summed E-state index contributed by atoms with van der Waals surface area (Å²) in [6.45, 7) is 3.91. The van der Waals surface area contributed by atoms with E-state index in [1.807, 2.05) is 13.8 Å². The van der Waals surface area contributed by atoms with E-state index in [9.17, 15) is 13.2 Å². The van der Waals surface area contributed by atoms with Crippen LogP contribution in [0.4, 0.5) is 13.2 Å². The Labute approximate surface area is 76.7 Å². The van der Waals surface area contributed by atoms with Gasteiger partial charge < -0.3 is 5.32 Å². The monoisotopic (exact) mass is 195 g/mol. The highest BCUT2D eigenvalue weighted by atomic mass is 19.4. The van der Waals surface area contributed by atoms with Gasteiger partial charge in [0.25, 0.3) is 0 Å². The van der Waals surface area contributed by atoms with E-state index in [1.54, 1.807) is 0 Å². The average molecular weight is 195 g/mol. The Morgan fingerprint density at radius 3 is 2.31 bits per heavy atom. The number of halogens is 3. The Hall–Kier alpha value is -0.250. The van der Waals surface area contributed by atoms with E-state index in [4.69, 9.17) is 0 Å². The van der Waals surface area contributed by atoms with Crippen LogP contribution in [0.1, 0.15) is 33.1 Å². The molecule has 1 nitrogen and oxygen atoms in total. The van der Waals surface area contributed by atoms with Crippen molar-refractivity contribution in [3.05, 3.63) is 0 Å². The van der Waals surface area contributed by atoms with Crippen LogP contribution < -0.4 is 5.32 Å². The van der Waals surface area contributed by atoms with Gasteiger partial charge in [0.2, 0.25) is 0 Å². The van der Waals surface area contributed by atoms with Crippen molar-refractivity contribution >= 4 is 0 Å². The molecular weight excluding hydrogens is 179 g/mol. The second kappa shape index (κ2) is 3.86. The second-order valence-electron chi connectivity index (χ2n) is 4.04. The van der Waals surface area contributed by atoms with Gasteiger partial charge in [-0.05, 0) is 25.2 Å². The molecule has 0 aliphatic carbocycles. The van der Waals surface area contributed by atoms with E-state index in [1.165, 1.54) is 0 Å². The molecule has 1 fully saturated rings. The van der Waals surface area contributed by atoms with Gasteiger partial charge in [-0.15, -0.1) is 0 Å². The number of alkyl halides is 3. The Kier molecular flexibility index (Phi) is 3.22. The second-order valence-corrected chi connectivity index (χ2v) is 4.04. The molecule has 0 aromatic carbocycles. The lowest BCUT2D eigenvalue weighted by Gasteiger charge is -2.34. The molecular formula is C9H16F3N. The quantitative estimate of drug-likeness (QED) is 0.678. The van der Waals surface area contributed by atoms with Crippen LogP contribution in [0.3, 0.4) is 0 Å². The van der Waals surface area contributed by atoms with E-state index in [2.05, 4.69) is 5.32 Å². The maximum Gasteiger partial charge on any atom is 0.403 e. The molecule has 0 unspecified atom stereocenters. The maximum atomic E-state index is 12.3. The molecule has 1 N–H and O–H groups in total. The van der Waals surface area contributed by atoms with Gasteiger partial charge in [0, 0.05) is 6.04 Å². The van der Waals surface area contributed by atoms with Gasteiger partial charge in [-0.1, -0.05) is 13.8 Å². The fraction of sp³-hybridized carbons (Fsp3) is 1.00. The Morgan fingerprint density at radius 1 is 1.23 bits per heavy atom. The minimum absolute atomic E-state index is 0.0281. The number of piperidine rings is 1. The van der Waals surface area contributed by atoms with E-state index in [-0.39, 0.29) is 18.4 Å². The summed E-state index contributed by atoms with van der Waals surface area (Å²) in [5.41, 5.74) is 0. The first-order chi connectivity index (χ1) is 5.91. The van der Waals surface area contributed by atoms with Crippen molar-refractivity contribution in [3.8, 4) is 0 Å². The van der Waals surface area contributed by atoms with Crippen molar-refractivity contribution in [2.45, 2.75) is 51.4 Å². The van der Waals surface area contributed by atoms with Crippen LogP contribution in [0.15, 0.2) is 0 Å². The molecule has 0 bridgehead atoms. The predicted octanol–water partition coefficient (Wildman–Crippen LogP) is 2.72. The first-order valence-corrected chi connectivity index (χ1v) is 4.74. The van der Waals surface area contributed by atoms with E-state index >= 15 is 0 Å². The summed E-state index contributed by atoms with van der Waals surface area (Å²) in [5.74, 6) is 0.283. The summed E-state index contributed by atoms with van der Waals surface area (Å²) >= 11 is 0. The van der Waals surface area contributed by atoms with Crippen molar-refractivity contribution in [1.82, 2.24) is 5.32 Å². The zero-order chi connectivity index (χ0) is 10.1. The maximum absolute atomic E-state index is 12.3. The van der Waals surface area contributed by atoms with Crippen molar-refractivity contribution < 1.29 is 13.2 Å². The lowest BCUT2D eigenvalue weighted by molar-refractivity contribution is -0.164. The SMILES string of the molecule is CC(C)[C@@H]1CCC[C@H](C(F)(F)F)N1. The molecule has 1 heterocycles. The van der Waals surface area contributed by atoms with Crippen molar-refractivity contribution in [2.24, 2.45) is 5.92 Å². The minimum atomic E-state index is -4.08. The normalized spacial score (nSPS) is 30.9. The molecule has 0 aromatic rings. The summed E-state index contributed by atoms with van der Waals surface area (Å²) in [6, 6.07) is -1.26. The third kappa shape index (κ3) is 2.86. The number of hydrogen-bond acceptors (Lipinski definition) is 1. The molecule has 1 aliphatic heterocycles. The van der Waals surface area contributed by atoms with Crippen LogP contribution in [-0.4, -0.2) is 18.3 Å². The predicted molar refractivity (Wildman–Crippen MR) is 45.5 cm³/mol. The molecule has 1 saturated heterocycles. The van der Waals surface area contributed by atoms with Gasteiger partial charge >= 0.3 is 6.18 Å². The van der Waals surface area contributed by atoms with Crippen molar-refractivity contribution in [2.75, 3.05) is 0 Å².